The molecule has 0 atom stereocenters. The minimum Gasteiger partial charge on any atom is -0.392 e. The minimum absolute atomic E-state index is 0.0285. The van der Waals surface area contributed by atoms with Gasteiger partial charge in [-0.05, 0) is 47.0 Å². The summed E-state index contributed by atoms with van der Waals surface area (Å²) in [5.41, 5.74) is 4.74. The molecule has 2 N–H and O–H groups in total. The number of aromatic nitrogens is 3. The van der Waals surface area contributed by atoms with Crippen molar-refractivity contribution >= 4 is 16.7 Å². The van der Waals surface area contributed by atoms with E-state index in [1.54, 1.807) is 12.4 Å². The summed E-state index contributed by atoms with van der Waals surface area (Å²) in [6.07, 6.45) is 3.49. The second kappa shape index (κ2) is 6.90. The topological polar surface area (TPSA) is 70.9 Å². The number of anilines is 1. The van der Waals surface area contributed by atoms with Crippen LogP contribution in [-0.4, -0.2) is 27.1 Å². The van der Waals surface area contributed by atoms with Crippen LogP contribution in [-0.2, 0) is 6.61 Å². The van der Waals surface area contributed by atoms with Crippen molar-refractivity contribution in [1.29, 1.82) is 0 Å². The predicted molar refractivity (Wildman–Crippen MR) is 104 cm³/mol. The Bertz CT molecular complexity index is 1060. The molecule has 0 unspecified atom stereocenters. The van der Waals surface area contributed by atoms with Gasteiger partial charge in [-0.1, -0.05) is 24.3 Å². The van der Waals surface area contributed by atoms with Crippen LogP contribution in [0.3, 0.4) is 0 Å². The zero-order chi connectivity index (χ0) is 17.9. The molecule has 128 valence electrons. The van der Waals surface area contributed by atoms with E-state index in [2.05, 4.69) is 21.4 Å². The van der Waals surface area contributed by atoms with Gasteiger partial charge in [0.2, 0.25) is 0 Å². The second-order valence-corrected chi connectivity index (χ2v) is 5.98. The number of hydrogen-bond donors (Lipinski definition) is 2. The average Bonchev–Trinajstić information content (AvgIpc) is 2.73. The Kier molecular flexibility index (Phi) is 4.29. The molecule has 2 heterocycles. The van der Waals surface area contributed by atoms with E-state index >= 15 is 0 Å². The highest BCUT2D eigenvalue weighted by atomic mass is 16.3. The Labute approximate surface area is 151 Å². The number of fused-ring (bicyclic) bond motifs is 1. The third kappa shape index (κ3) is 3.00. The number of pyridine rings is 1. The summed E-state index contributed by atoms with van der Waals surface area (Å²) in [5.74, 6) is 1.42. The summed E-state index contributed by atoms with van der Waals surface area (Å²) in [6.45, 7) is 0.0285. The Morgan fingerprint density at radius 3 is 2.54 bits per heavy atom. The molecule has 0 saturated carbocycles. The minimum atomic E-state index is 0.0285. The Morgan fingerprint density at radius 2 is 1.77 bits per heavy atom. The van der Waals surface area contributed by atoms with Gasteiger partial charge in [-0.15, -0.1) is 0 Å². The summed E-state index contributed by atoms with van der Waals surface area (Å²) < 4.78 is 0. The molecule has 26 heavy (non-hydrogen) atoms. The summed E-state index contributed by atoms with van der Waals surface area (Å²) in [6, 6.07) is 17.8. The predicted octanol–water partition coefficient (Wildman–Crippen LogP) is 3.89. The van der Waals surface area contributed by atoms with Gasteiger partial charge in [0.05, 0.1) is 12.1 Å². The van der Waals surface area contributed by atoms with Crippen molar-refractivity contribution in [3.8, 4) is 22.5 Å². The molecular weight excluding hydrogens is 324 g/mol. The van der Waals surface area contributed by atoms with Gasteiger partial charge in [-0.3, -0.25) is 4.98 Å². The van der Waals surface area contributed by atoms with Gasteiger partial charge in [-0.2, -0.15) is 0 Å². The van der Waals surface area contributed by atoms with Crippen LogP contribution in [0.25, 0.3) is 33.4 Å². The third-order valence-corrected chi connectivity index (χ3v) is 4.30. The van der Waals surface area contributed by atoms with E-state index in [0.717, 1.165) is 39.0 Å². The molecule has 2 aromatic carbocycles. The standard InChI is InChI=1S/C21H18N4O/c1-22-21-18-11-16(15-5-2-4-14(10-15)13-26)7-8-19(18)24-20(25-21)17-6-3-9-23-12-17/h2-12,26H,13H2,1H3,(H,22,24,25). The first-order valence-electron chi connectivity index (χ1n) is 8.38. The molecule has 0 radical (unpaired) electrons. The molecule has 4 rings (SSSR count). The largest absolute Gasteiger partial charge is 0.392 e. The van der Waals surface area contributed by atoms with Gasteiger partial charge < -0.3 is 10.4 Å². The van der Waals surface area contributed by atoms with Crippen LogP contribution in [0.1, 0.15) is 5.56 Å². The SMILES string of the molecule is CNc1nc(-c2cccnc2)nc2ccc(-c3cccc(CO)c3)cc12. The number of rotatable bonds is 4. The van der Waals surface area contributed by atoms with Gasteiger partial charge in [0.25, 0.3) is 0 Å². The van der Waals surface area contributed by atoms with Crippen molar-refractivity contribution < 1.29 is 5.11 Å². The lowest BCUT2D eigenvalue weighted by molar-refractivity contribution is 0.282. The molecule has 0 aliphatic rings. The molecule has 0 fully saturated rings. The van der Waals surface area contributed by atoms with Crippen LogP contribution in [0, 0.1) is 0 Å². The summed E-state index contributed by atoms with van der Waals surface area (Å²) >= 11 is 0. The fourth-order valence-corrected chi connectivity index (χ4v) is 2.97. The molecular formula is C21H18N4O. The zero-order valence-electron chi connectivity index (χ0n) is 14.3. The molecule has 0 amide bonds. The first kappa shape index (κ1) is 16.2. The Morgan fingerprint density at radius 1 is 0.923 bits per heavy atom. The van der Waals surface area contributed by atoms with Crippen molar-refractivity contribution in [1.82, 2.24) is 15.0 Å². The van der Waals surface area contributed by atoms with Crippen LogP contribution in [0.5, 0.6) is 0 Å². The van der Waals surface area contributed by atoms with E-state index in [1.165, 1.54) is 0 Å². The maximum Gasteiger partial charge on any atom is 0.163 e. The lowest BCUT2D eigenvalue weighted by atomic mass is 10.0. The molecule has 4 aromatic rings. The third-order valence-electron chi connectivity index (χ3n) is 4.30. The van der Waals surface area contributed by atoms with Gasteiger partial charge in [-0.25, -0.2) is 9.97 Å². The molecule has 0 bridgehead atoms. The smallest absolute Gasteiger partial charge is 0.163 e. The number of aliphatic hydroxyl groups excluding tert-OH is 1. The van der Waals surface area contributed by atoms with Gasteiger partial charge in [0.15, 0.2) is 5.82 Å². The Balaban J connectivity index is 1.86. The number of nitrogens with zero attached hydrogens (tertiary/aromatic N) is 3. The van der Waals surface area contributed by atoms with E-state index in [0.29, 0.717) is 5.82 Å². The van der Waals surface area contributed by atoms with E-state index in [4.69, 9.17) is 4.98 Å². The molecule has 2 aromatic heterocycles. The van der Waals surface area contributed by atoms with Crippen molar-refractivity contribution in [2.24, 2.45) is 0 Å². The lowest BCUT2D eigenvalue weighted by Crippen LogP contribution is -1.99. The monoisotopic (exact) mass is 342 g/mol. The molecule has 0 spiro atoms. The molecule has 0 aliphatic heterocycles. The fraction of sp³-hybridized carbons (Fsp3) is 0.0952. The van der Waals surface area contributed by atoms with Crippen LogP contribution in [0.15, 0.2) is 67.0 Å². The molecule has 0 aliphatic carbocycles. The number of nitrogens with one attached hydrogen (secondary N) is 1. The molecule has 0 saturated heterocycles. The fourth-order valence-electron chi connectivity index (χ4n) is 2.97. The van der Waals surface area contributed by atoms with Crippen molar-refractivity contribution in [2.45, 2.75) is 6.61 Å². The average molecular weight is 342 g/mol. The van der Waals surface area contributed by atoms with Gasteiger partial charge in [0.1, 0.15) is 5.82 Å². The Hall–Kier alpha value is -3.31. The maximum absolute atomic E-state index is 9.37. The zero-order valence-corrected chi connectivity index (χ0v) is 14.3. The van der Waals surface area contributed by atoms with Crippen LogP contribution < -0.4 is 5.32 Å². The second-order valence-electron chi connectivity index (χ2n) is 5.98. The van der Waals surface area contributed by atoms with Crippen molar-refractivity contribution in [3.63, 3.8) is 0 Å². The van der Waals surface area contributed by atoms with Crippen LogP contribution in [0.4, 0.5) is 5.82 Å². The van der Waals surface area contributed by atoms with E-state index < -0.39 is 0 Å². The molecule has 5 heteroatoms. The first-order chi connectivity index (χ1) is 12.8. The van der Waals surface area contributed by atoms with Gasteiger partial charge in [0, 0.05) is 30.4 Å². The summed E-state index contributed by atoms with van der Waals surface area (Å²) in [7, 11) is 1.86. The van der Waals surface area contributed by atoms with E-state index in [9.17, 15) is 5.11 Å². The normalized spacial score (nSPS) is 10.8. The quantitative estimate of drug-likeness (QED) is 0.589. The van der Waals surface area contributed by atoms with E-state index in [-0.39, 0.29) is 6.61 Å². The van der Waals surface area contributed by atoms with Crippen LogP contribution >= 0.6 is 0 Å². The number of hydrogen-bond acceptors (Lipinski definition) is 5. The highest BCUT2D eigenvalue weighted by molar-refractivity contribution is 5.93. The summed E-state index contributed by atoms with van der Waals surface area (Å²) in [5, 5.41) is 13.5. The molecule has 5 nitrogen and oxygen atoms in total. The summed E-state index contributed by atoms with van der Waals surface area (Å²) in [4.78, 5) is 13.5. The van der Waals surface area contributed by atoms with Crippen molar-refractivity contribution in [3.05, 3.63) is 72.6 Å². The highest BCUT2D eigenvalue weighted by Crippen LogP contribution is 2.29. The van der Waals surface area contributed by atoms with E-state index in [1.807, 2.05) is 55.6 Å². The van der Waals surface area contributed by atoms with Crippen molar-refractivity contribution in [2.75, 3.05) is 12.4 Å². The highest BCUT2D eigenvalue weighted by Gasteiger charge is 2.10. The van der Waals surface area contributed by atoms with Crippen LogP contribution in [0.2, 0.25) is 0 Å². The van der Waals surface area contributed by atoms with Gasteiger partial charge >= 0.3 is 0 Å². The number of aliphatic hydroxyl groups is 1. The first-order valence-corrected chi connectivity index (χ1v) is 8.38. The maximum atomic E-state index is 9.37. The lowest BCUT2D eigenvalue weighted by Gasteiger charge is -2.10. The number of benzene rings is 2.